The molecule has 2 aromatic heterocycles. The van der Waals surface area contributed by atoms with Crippen molar-refractivity contribution in [2.75, 3.05) is 0 Å². The first-order chi connectivity index (χ1) is 32.4. The maximum absolute atomic E-state index is 6.72. The molecular weight excluding hydrogens is 829 g/mol. The summed E-state index contributed by atoms with van der Waals surface area (Å²) in [7, 11) is -2.51. The largest absolute Gasteiger partial charge is 0.462 e. The van der Waals surface area contributed by atoms with Gasteiger partial charge in [0.25, 0.3) is 0 Å². The van der Waals surface area contributed by atoms with Crippen molar-refractivity contribution >= 4 is 31.4 Å². The zero-order valence-corrected chi connectivity index (χ0v) is 41.4. The number of aryl methyl sites for hydroxylation is 8. The SMILES string of the molecule is Cc1ccc(C2=Cc3c(cc4c(c3-c3ccc(-c5c(C)cccc5C)cc3)CCC4)C2[Si](C)(C)C2C(c3ccc(C)o3)=Cc3c2cc2c(c3-c3ccc(-c4c(C)cccc4C)cc3)CCC2)o1. The molecule has 8 aromatic rings. The van der Waals surface area contributed by atoms with Crippen molar-refractivity contribution in [3.63, 3.8) is 0 Å². The molecule has 0 saturated heterocycles. The molecule has 0 amide bonds. The summed E-state index contributed by atoms with van der Waals surface area (Å²) in [5, 5.41) is 0. The molecule has 3 heteroatoms. The van der Waals surface area contributed by atoms with E-state index in [1.165, 1.54) is 135 Å². The van der Waals surface area contributed by atoms with Crippen LogP contribution in [0.2, 0.25) is 13.1 Å². The van der Waals surface area contributed by atoms with Crippen molar-refractivity contribution in [1.29, 1.82) is 0 Å². The standard InChI is InChI=1S/C64H60O2Si/c1-37-13-9-14-38(2)59(37)43-23-27-45(28-24-43)61-49-19-11-17-47(49)33-53-51(61)35-55(57-31-21-41(5)65-57)63(53)67(7,8)64-54-34-48-18-12-20-50(48)62(52(54)36-56(64)58-32-22-42(6)66-58)46-29-25-44(26-30-46)60-39(3)15-10-16-40(60)4/h9-10,13-16,21-36,63-64H,11-12,17-20H2,1-8H3. The van der Waals surface area contributed by atoms with Crippen molar-refractivity contribution in [2.45, 2.75) is 104 Å². The van der Waals surface area contributed by atoms with Crippen LogP contribution in [0.3, 0.4) is 0 Å². The van der Waals surface area contributed by atoms with E-state index in [-0.39, 0.29) is 11.1 Å². The first-order valence-electron chi connectivity index (χ1n) is 24.7. The van der Waals surface area contributed by atoms with E-state index in [0.29, 0.717) is 0 Å². The zero-order valence-electron chi connectivity index (χ0n) is 40.4. The molecule has 2 nitrogen and oxygen atoms in total. The van der Waals surface area contributed by atoms with E-state index in [4.69, 9.17) is 8.83 Å². The molecule has 0 saturated carbocycles. The highest BCUT2D eigenvalue weighted by molar-refractivity contribution is 6.84. The zero-order chi connectivity index (χ0) is 45.9. The third-order valence-electron chi connectivity index (χ3n) is 16.2. The molecule has 2 atom stereocenters. The summed E-state index contributed by atoms with van der Waals surface area (Å²) < 4.78 is 13.4. The number of hydrogen-bond acceptors (Lipinski definition) is 2. The minimum atomic E-state index is -2.51. The summed E-state index contributed by atoms with van der Waals surface area (Å²) in [5.74, 6) is 3.92. The van der Waals surface area contributed by atoms with Crippen LogP contribution in [0.5, 0.6) is 0 Å². The van der Waals surface area contributed by atoms with E-state index in [9.17, 15) is 0 Å². The van der Waals surface area contributed by atoms with Gasteiger partial charge in [-0.15, -0.1) is 0 Å². The van der Waals surface area contributed by atoms with Gasteiger partial charge in [0.15, 0.2) is 0 Å². The molecule has 67 heavy (non-hydrogen) atoms. The van der Waals surface area contributed by atoms with Crippen molar-refractivity contribution < 1.29 is 8.83 Å². The van der Waals surface area contributed by atoms with Gasteiger partial charge < -0.3 is 8.83 Å². The summed E-state index contributed by atoms with van der Waals surface area (Å²) in [4.78, 5) is 0. The molecule has 12 rings (SSSR count). The topological polar surface area (TPSA) is 26.3 Å². The van der Waals surface area contributed by atoms with Gasteiger partial charge in [0.05, 0.1) is 8.07 Å². The second-order valence-electron chi connectivity index (χ2n) is 20.9. The molecular formula is C64H60O2Si. The Morgan fingerprint density at radius 3 is 1.12 bits per heavy atom. The first kappa shape index (κ1) is 42.0. The number of benzene rings is 6. The number of fused-ring (bicyclic) bond motifs is 4. The molecule has 332 valence electrons. The van der Waals surface area contributed by atoms with Crippen LogP contribution >= 0.6 is 0 Å². The van der Waals surface area contributed by atoms with Crippen LogP contribution in [-0.4, -0.2) is 8.07 Å². The van der Waals surface area contributed by atoms with E-state index >= 15 is 0 Å². The summed E-state index contributed by atoms with van der Waals surface area (Å²) >= 11 is 0. The summed E-state index contributed by atoms with van der Waals surface area (Å²) in [6.07, 6.45) is 12.0. The van der Waals surface area contributed by atoms with Crippen LogP contribution in [0.15, 0.2) is 130 Å². The van der Waals surface area contributed by atoms with Crippen LogP contribution in [0.1, 0.15) is 114 Å². The Morgan fingerprint density at radius 2 is 0.776 bits per heavy atom. The predicted octanol–water partition coefficient (Wildman–Crippen LogP) is 17.1. The van der Waals surface area contributed by atoms with Gasteiger partial charge in [0.2, 0.25) is 0 Å². The van der Waals surface area contributed by atoms with E-state index in [0.717, 1.165) is 48.7 Å². The Labute approximate surface area is 398 Å². The van der Waals surface area contributed by atoms with Crippen molar-refractivity contribution in [1.82, 2.24) is 0 Å². The van der Waals surface area contributed by atoms with Gasteiger partial charge in [-0.1, -0.05) is 110 Å². The second kappa shape index (κ2) is 15.8. The number of rotatable bonds is 8. The first-order valence-corrected chi connectivity index (χ1v) is 27.9. The monoisotopic (exact) mass is 888 g/mol. The summed E-state index contributed by atoms with van der Waals surface area (Å²) in [5.41, 5.74) is 31.0. The molecule has 0 radical (unpaired) electrons. The van der Waals surface area contributed by atoms with E-state index in [2.05, 4.69) is 188 Å². The molecule has 0 bridgehead atoms. The minimum absolute atomic E-state index is 0.190. The highest BCUT2D eigenvalue weighted by Gasteiger charge is 2.51. The number of allylic oxidation sites excluding steroid dienone is 2. The Balaban J connectivity index is 1.05. The number of hydrogen-bond donors (Lipinski definition) is 0. The average molecular weight is 889 g/mol. The molecule has 0 N–H and O–H groups in total. The lowest BCUT2D eigenvalue weighted by molar-refractivity contribution is 0.519. The molecule has 0 spiro atoms. The fourth-order valence-electron chi connectivity index (χ4n) is 13.4. The molecule has 4 aliphatic rings. The Morgan fingerprint density at radius 1 is 0.418 bits per heavy atom. The van der Waals surface area contributed by atoms with Crippen LogP contribution in [0, 0.1) is 41.5 Å². The Bertz CT molecular complexity index is 3110. The molecule has 2 heterocycles. The fourth-order valence-corrected chi connectivity index (χ4v) is 17.8. The van der Waals surface area contributed by atoms with Gasteiger partial charge in [-0.25, -0.2) is 0 Å². The smallest absolute Gasteiger partial charge is 0.130 e. The lowest BCUT2D eigenvalue weighted by atomic mass is 9.88. The van der Waals surface area contributed by atoms with Gasteiger partial charge in [0.1, 0.15) is 23.0 Å². The van der Waals surface area contributed by atoms with E-state index in [1.54, 1.807) is 0 Å². The molecule has 0 aliphatic heterocycles. The van der Waals surface area contributed by atoms with Gasteiger partial charge in [-0.3, -0.25) is 0 Å². The lowest BCUT2D eigenvalue weighted by Gasteiger charge is -2.40. The van der Waals surface area contributed by atoms with Crippen molar-refractivity contribution in [2.24, 2.45) is 0 Å². The third kappa shape index (κ3) is 6.71. The predicted molar refractivity (Wildman–Crippen MR) is 283 cm³/mol. The van der Waals surface area contributed by atoms with Crippen LogP contribution in [0.25, 0.3) is 67.8 Å². The highest BCUT2D eigenvalue weighted by atomic mass is 28.3. The molecule has 0 fully saturated rings. The van der Waals surface area contributed by atoms with E-state index < -0.39 is 8.07 Å². The maximum Gasteiger partial charge on any atom is 0.130 e. The molecule has 4 aliphatic carbocycles. The van der Waals surface area contributed by atoms with Gasteiger partial charge >= 0.3 is 0 Å². The molecule has 2 unspecified atom stereocenters. The Hall–Kier alpha value is -6.42. The van der Waals surface area contributed by atoms with Gasteiger partial charge in [0, 0.05) is 22.2 Å². The number of furan rings is 2. The summed E-state index contributed by atoms with van der Waals surface area (Å²) in [6.45, 7) is 18.5. The minimum Gasteiger partial charge on any atom is -0.462 e. The van der Waals surface area contributed by atoms with Gasteiger partial charge in [-0.2, -0.15) is 0 Å². The van der Waals surface area contributed by atoms with Crippen LogP contribution in [-0.2, 0) is 25.7 Å². The molecule has 6 aromatic carbocycles. The lowest BCUT2D eigenvalue weighted by Crippen LogP contribution is -2.42. The maximum atomic E-state index is 6.72. The normalized spacial score (nSPS) is 17.1. The third-order valence-corrected chi connectivity index (χ3v) is 20.4. The second-order valence-corrected chi connectivity index (χ2v) is 25.7. The van der Waals surface area contributed by atoms with Gasteiger partial charge in [-0.05, 0) is 228 Å². The van der Waals surface area contributed by atoms with E-state index in [1.807, 2.05) is 0 Å². The van der Waals surface area contributed by atoms with Crippen molar-refractivity contribution in [3.8, 4) is 44.5 Å². The fraction of sp³-hybridized carbons (Fsp3) is 0.250. The van der Waals surface area contributed by atoms with Crippen LogP contribution in [0.4, 0.5) is 0 Å². The quantitative estimate of drug-likeness (QED) is 0.142. The highest BCUT2D eigenvalue weighted by Crippen LogP contribution is 2.60. The average Bonchev–Trinajstić information content (AvgIpc) is 4.18. The van der Waals surface area contributed by atoms with Crippen molar-refractivity contribution in [3.05, 3.63) is 211 Å². The summed E-state index contributed by atoms with van der Waals surface area (Å²) in [6, 6.07) is 46.4. The Kier molecular flexibility index (Phi) is 9.93. The van der Waals surface area contributed by atoms with Crippen LogP contribution < -0.4 is 0 Å².